The molecule has 0 radical (unpaired) electrons. The van der Waals surface area contributed by atoms with Gasteiger partial charge in [-0.15, -0.1) is 0 Å². The highest BCUT2D eigenvalue weighted by Gasteiger charge is 2.24. The number of carbonyl (C=O) groups excluding carboxylic acids is 2. The van der Waals surface area contributed by atoms with Crippen molar-refractivity contribution in [3.05, 3.63) is 85.1 Å². The average Bonchev–Trinajstić information content (AvgIpc) is 3.23. The van der Waals surface area contributed by atoms with Crippen LogP contribution in [0.25, 0.3) is 0 Å². The minimum atomic E-state index is -0.804. The van der Waals surface area contributed by atoms with Crippen LogP contribution in [0.3, 0.4) is 0 Å². The second-order valence-electron chi connectivity index (χ2n) is 16.3. The summed E-state index contributed by atoms with van der Waals surface area (Å²) in [6.07, 6.45) is 59.2. The summed E-state index contributed by atoms with van der Waals surface area (Å²) in [5.74, 6) is -0.543. The van der Waals surface area contributed by atoms with Gasteiger partial charge in [-0.1, -0.05) is 215 Å². The van der Waals surface area contributed by atoms with E-state index in [1.165, 1.54) is 70.6 Å². The molecule has 0 fully saturated rings. The SMILES string of the molecule is CC/C=C/C=C/C=C\CCCCCC(CC(=O)NC(CO)C(O)CCCCCCCCCCCCC)OC(=O)CCCCCCC/C=C/C=C/C=C/C=C/CCCCC. The summed E-state index contributed by atoms with van der Waals surface area (Å²) in [7, 11) is 0. The maximum absolute atomic E-state index is 13.1. The van der Waals surface area contributed by atoms with E-state index >= 15 is 0 Å². The number of ether oxygens (including phenoxy) is 1. The lowest BCUT2D eigenvalue weighted by molar-refractivity contribution is -0.151. The number of unbranched alkanes of at least 4 members (excludes halogenated alkanes) is 21. The number of aliphatic hydroxyl groups excluding tert-OH is 2. The van der Waals surface area contributed by atoms with Crippen LogP contribution >= 0.6 is 0 Å². The van der Waals surface area contributed by atoms with Gasteiger partial charge in [-0.25, -0.2) is 0 Å². The molecule has 0 bridgehead atoms. The third kappa shape index (κ3) is 41.6. The van der Waals surface area contributed by atoms with Crippen molar-refractivity contribution in [3.63, 3.8) is 0 Å². The van der Waals surface area contributed by atoms with Crippen molar-refractivity contribution >= 4 is 11.9 Å². The predicted octanol–water partition coefficient (Wildman–Crippen LogP) is 14.4. The van der Waals surface area contributed by atoms with E-state index in [2.05, 4.69) is 99.0 Å². The normalized spacial score (nSPS) is 14.1. The van der Waals surface area contributed by atoms with Crippen molar-refractivity contribution < 1.29 is 24.5 Å². The molecule has 0 aliphatic rings. The monoisotopic (exact) mass is 822 g/mol. The van der Waals surface area contributed by atoms with E-state index in [-0.39, 0.29) is 24.9 Å². The molecule has 338 valence electrons. The largest absolute Gasteiger partial charge is 0.462 e. The molecule has 0 spiro atoms. The summed E-state index contributed by atoms with van der Waals surface area (Å²) in [6, 6.07) is -0.721. The first-order chi connectivity index (χ1) is 29.0. The van der Waals surface area contributed by atoms with Gasteiger partial charge in [0.25, 0.3) is 0 Å². The van der Waals surface area contributed by atoms with E-state index < -0.39 is 18.2 Å². The molecule has 0 saturated carbocycles. The van der Waals surface area contributed by atoms with Gasteiger partial charge in [0.2, 0.25) is 5.91 Å². The second-order valence-corrected chi connectivity index (χ2v) is 16.3. The van der Waals surface area contributed by atoms with E-state index in [0.29, 0.717) is 19.3 Å². The zero-order valence-electron chi connectivity index (χ0n) is 38.4. The Morgan fingerprint density at radius 2 is 0.915 bits per heavy atom. The first-order valence-corrected chi connectivity index (χ1v) is 24.4. The lowest BCUT2D eigenvalue weighted by atomic mass is 10.0. The number of rotatable bonds is 42. The minimum absolute atomic E-state index is 0.0402. The summed E-state index contributed by atoms with van der Waals surface area (Å²) in [5, 5.41) is 23.7. The zero-order chi connectivity index (χ0) is 43.1. The topological polar surface area (TPSA) is 95.9 Å². The van der Waals surface area contributed by atoms with Gasteiger partial charge in [0.05, 0.1) is 25.2 Å². The third-order valence-electron chi connectivity index (χ3n) is 10.6. The fourth-order valence-corrected chi connectivity index (χ4v) is 6.91. The van der Waals surface area contributed by atoms with Crippen LogP contribution in [0, 0.1) is 0 Å². The molecule has 6 nitrogen and oxygen atoms in total. The Hall–Kier alpha value is -2.96. The van der Waals surface area contributed by atoms with Crippen molar-refractivity contribution in [2.75, 3.05) is 6.61 Å². The zero-order valence-corrected chi connectivity index (χ0v) is 38.4. The molecule has 0 aliphatic carbocycles. The molecular weight excluding hydrogens is 731 g/mol. The van der Waals surface area contributed by atoms with Crippen molar-refractivity contribution in [2.24, 2.45) is 0 Å². The Morgan fingerprint density at radius 1 is 0.508 bits per heavy atom. The van der Waals surface area contributed by atoms with Crippen LogP contribution in [0.5, 0.6) is 0 Å². The maximum Gasteiger partial charge on any atom is 0.306 e. The number of esters is 1. The number of nitrogens with one attached hydrogen (secondary N) is 1. The fraction of sp³-hybridized carbons (Fsp3) is 0.698. The van der Waals surface area contributed by atoms with Crippen LogP contribution in [-0.4, -0.2) is 46.9 Å². The molecule has 0 heterocycles. The molecule has 3 atom stereocenters. The van der Waals surface area contributed by atoms with Crippen LogP contribution in [0.4, 0.5) is 0 Å². The molecule has 0 aromatic carbocycles. The number of aliphatic hydroxyl groups is 2. The van der Waals surface area contributed by atoms with Crippen LogP contribution < -0.4 is 5.32 Å². The van der Waals surface area contributed by atoms with Gasteiger partial charge in [0.15, 0.2) is 0 Å². The summed E-state index contributed by atoms with van der Waals surface area (Å²) in [5.41, 5.74) is 0. The summed E-state index contributed by atoms with van der Waals surface area (Å²) in [6.45, 7) is 6.27. The van der Waals surface area contributed by atoms with E-state index in [0.717, 1.165) is 96.3 Å². The summed E-state index contributed by atoms with van der Waals surface area (Å²) >= 11 is 0. The van der Waals surface area contributed by atoms with E-state index in [9.17, 15) is 19.8 Å². The molecule has 3 N–H and O–H groups in total. The third-order valence-corrected chi connectivity index (χ3v) is 10.6. The Balaban J connectivity index is 4.65. The van der Waals surface area contributed by atoms with Crippen LogP contribution in [0.2, 0.25) is 0 Å². The van der Waals surface area contributed by atoms with Crippen molar-refractivity contribution in [1.29, 1.82) is 0 Å². The maximum atomic E-state index is 13.1. The van der Waals surface area contributed by atoms with Crippen molar-refractivity contribution in [2.45, 2.75) is 232 Å². The number of allylic oxidation sites excluding steroid dienone is 14. The molecule has 0 rings (SSSR count). The summed E-state index contributed by atoms with van der Waals surface area (Å²) < 4.78 is 5.89. The first kappa shape index (κ1) is 56.0. The van der Waals surface area contributed by atoms with Crippen LogP contribution in [-0.2, 0) is 14.3 Å². The highest BCUT2D eigenvalue weighted by Crippen LogP contribution is 2.17. The van der Waals surface area contributed by atoms with Gasteiger partial charge < -0.3 is 20.3 Å². The smallest absolute Gasteiger partial charge is 0.306 e. The molecule has 0 aromatic heterocycles. The number of carbonyl (C=O) groups is 2. The highest BCUT2D eigenvalue weighted by molar-refractivity contribution is 5.77. The van der Waals surface area contributed by atoms with Crippen molar-refractivity contribution in [3.8, 4) is 0 Å². The Bertz CT molecular complexity index is 1150. The minimum Gasteiger partial charge on any atom is -0.462 e. The Labute approximate surface area is 363 Å². The molecule has 3 unspecified atom stereocenters. The molecule has 0 aliphatic heterocycles. The molecule has 6 heteroatoms. The van der Waals surface area contributed by atoms with E-state index in [1.54, 1.807) is 0 Å². The molecule has 0 aromatic rings. The Kier molecular flexibility index (Phi) is 43.8. The van der Waals surface area contributed by atoms with E-state index in [1.807, 2.05) is 12.2 Å². The molecule has 0 saturated heterocycles. The van der Waals surface area contributed by atoms with Gasteiger partial charge in [0, 0.05) is 6.42 Å². The average molecular weight is 822 g/mol. The lowest BCUT2D eigenvalue weighted by Crippen LogP contribution is -2.46. The summed E-state index contributed by atoms with van der Waals surface area (Å²) in [4.78, 5) is 26.0. The van der Waals surface area contributed by atoms with Gasteiger partial charge in [-0.2, -0.15) is 0 Å². The lowest BCUT2D eigenvalue weighted by Gasteiger charge is -2.24. The van der Waals surface area contributed by atoms with Crippen LogP contribution in [0.1, 0.15) is 213 Å². The van der Waals surface area contributed by atoms with Crippen molar-refractivity contribution in [1.82, 2.24) is 5.32 Å². The fourth-order valence-electron chi connectivity index (χ4n) is 6.91. The molecule has 1 amide bonds. The standard InChI is InChI=1S/C53H91NO5/c1-4-7-10-13-16-19-22-23-24-25-26-27-28-31-34-37-40-43-46-53(58)59-49(44-41-38-35-32-29-20-17-14-11-8-5-2)47-52(57)54-50(48-55)51(56)45-42-39-36-33-30-21-18-15-12-9-6-3/h8,11,14,16-17,19-20,22-27,29,49-51,55-56H,4-7,9-10,12-13,15,18,21,28,30-48H2,1-3H3,(H,54,57)/b11-8+,17-14+,19-16+,23-22+,25-24+,27-26+,29-20-. The second kappa shape index (κ2) is 46.1. The Morgan fingerprint density at radius 3 is 1.44 bits per heavy atom. The number of hydrogen-bond acceptors (Lipinski definition) is 5. The first-order valence-electron chi connectivity index (χ1n) is 24.4. The quantitative estimate of drug-likeness (QED) is 0.0324. The van der Waals surface area contributed by atoms with Gasteiger partial charge in [-0.05, 0) is 70.6 Å². The van der Waals surface area contributed by atoms with Gasteiger partial charge in [-0.3, -0.25) is 9.59 Å². The molecule has 59 heavy (non-hydrogen) atoms. The predicted molar refractivity (Wildman–Crippen MR) is 254 cm³/mol. The van der Waals surface area contributed by atoms with Gasteiger partial charge in [0.1, 0.15) is 6.10 Å². The molecular formula is C53H91NO5. The number of hydrogen-bond donors (Lipinski definition) is 3. The number of amides is 1. The van der Waals surface area contributed by atoms with Gasteiger partial charge >= 0.3 is 5.97 Å². The van der Waals surface area contributed by atoms with Crippen LogP contribution in [0.15, 0.2) is 85.1 Å². The van der Waals surface area contributed by atoms with E-state index in [4.69, 9.17) is 4.74 Å². The highest BCUT2D eigenvalue weighted by atomic mass is 16.5.